The molecule has 5 nitrogen and oxygen atoms in total. The fourth-order valence-corrected chi connectivity index (χ4v) is 3.47. The molecule has 2 N–H and O–H groups in total. The van der Waals surface area contributed by atoms with Gasteiger partial charge in [-0.05, 0) is 36.3 Å². The third-order valence-electron chi connectivity index (χ3n) is 3.38. The Labute approximate surface area is 144 Å². The monoisotopic (exact) mass is 364 g/mol. The first-order chi connectivity index (χ1) is 11.4. The number of nitrogens with zero attached hydrogens (tertiary/aromatic N) is 1. The summed E-state index contributed by atoms with van der Waals surface area (Å²) in [4.78, 5) is 30.6. The van der Waals surface area contributed by atoms with Crippen molar-refractivity contribution >= 4 is 50.2 Å². The maximum Gasteiger partial charge on any atom is 0.346 e. The highest BCUT2D eigenvalue weighted by atomic mass is 35.5. The van der Waals surface area contributed by atoms with Crippen LogP contribution in [0.4, 0.5) is 4.39 Å². The summed E-state index contributed by atoms with van der Waals surface area (Å²) in [6, 6.07) is 5.65. The zero-order chi connectivity index (χ0) is 17.4. The molecule has 0 spiro atoms. The molecule has 8 heteroatoms. The Kier molecular flexibility index (Phi) is 4.21. The van der Waals surface area contributed by atoms with Crippen molar-refractivity contribution in [3.05, 3.63) is 62.3 Å². The number of nitrogens with one attached hydrogen (secondary N) is 1. The highest BCUT2D eigenvalue weighted by molar-refractivity contribution is 7.20. The number of aromatic amines is 1. The minimum Gasteiger partial charge on any atom is -0.477 e. The van der Waals surface area contributed by atoms with Crippen LogP contribution < -0.4 is 5.56 Å². The molecule has 122 valence electrons. The van der Waals surface area contributed by atoms with E-state index >= 15 is 0 Å². The van der Waals surface area contributed by atoms with Gasteiger partial charge in [-0.2, -0.15) is 0 Å². The molecule has 24 heavy (non-hydrogen) atoms. The van der Waals surface area contributed by atoms with Crippen molar-refractivity contribution in [3.63, 3.8) is 0 Å². The number of fused-ring (bicyclic) bond motifs is 1. The van der Waals surface area contributed by atoms with E-state index in [9.17, 15) is 14.0 Å². The number of carboxylic acid groups (broad SMARTS) is 1. The molecule has 0 atom stereocenters. The van der Waals surface area contributed by atoms with Crippen LogP contribution in [0.2, 0.25) is 0 Å². The van der Waals surface area contributed by atoms with E-state index in [1.807, 2.05) is 0 Å². The fourth-order valence-electron chi connectivity index (χ4n) is 2.23. The first-order valence-corrected chi connectivity index (χ1v) is 7.96. The first kappa shape index (κ1) is 16.4. The summed E-state index contributed by atoms with van der Waals surface area (Å²) in [7, 11) is 0. The molecule has 0 unspecified atom stereocenters. The number of hydrogen-bond donors (Lipinski definition) is 2. The fraction of sp³-hybridized carbons (Fsp3) is 0.0625. The van der Waals surface area contributed by atoms with Crippen LogP contribution >= 0.6 is 22.9 Å². The zero-order valence-electron chi connectivity index (χ0n) is 12.3. The molecule has 0 saturated heterocycles. The van der Waals surface area contributed by atoms with Gasteiger partial charge in [0.2, 0.25) is 0 Å². The van der Waals surface area contributed by atoms with E-state index in [4.69, 9.17) is 16.7 Å². The van der Waals surface area contributed by atoms with Crippen LogP contribution in [0.15, 0.2) is 29.1 Å². The van der Waals surface area contributed by atoms with Gasteiger partial charge in [-0.15, -0.1) is 11.3 Å². The van der Waals surface area contributed by atoms with Crippen molar-refractivity contribution in [1.29, 1.82) is 0 Å². The smallest absolute Gasteiger partial charge is 0.346 e. The molecule has 2 heterocycles. The van der Waals surface area contributed by atoms with Crippen molar-refractivity contribution < 1.29 is 14.3 Å². The third kappa shape index (κ3) is 2.95. The standard InChI is InChI=1S/C16H10ClFN2O3S/c1-7-11-14(21)19-13(20-15(11)24-12(7)16(22)23)10(17)6-8-2-4-9(18)5-3-8/h2-6H,1H3,(H,22,23)(H,19,20,21)/b10-6-. The second-order valence-corrected chi connectivity index (χ2v) is 6.41. The van der Waals surface area contributed by atoms with Gasteiger partial charge in [-0.25, -0.2) is 14.2 Å². The van der Waals surface area contributed by atoms with Crippen LogP contribution in [0.3, 0.4) is 0 Å². The summed E-state index contributed by atoms with van der Waals surface area (Å²) in [6.45, 7) is 1.56. The van der Waals surface area contributed by atoms with Gasteiger partial charge in [-0.1, -0.05) is 23.7 Å². The Hall–Kier alpha value is -2.51. The topological polar surface area (TPSA) is 83.0 Å². The van der Waals surface area contributed by atoms with Gasteiger partial charge < -0.3 is 10.1 Å². The number of halogens is 2. The maximum atomic E-state index is 12.9. The summed E-state index contributed by atoms with van der Waals surface area (Å²) in [6.07, 6.45) is 1.53. The summed E-state index contributed by atoms with van der Waals surface area (Å²) in [5.41, 5.74) is 0.557. The number of aromatic carboxylic acids is 1. The molecular weight excluding hydrogens is 355 g/mol. The molecule has 2 aromatic heterocycles. The molecule has 0 aliphatic carbocycles. The van der Waals surface area contributed by atoms with E-state index in [0.717, 1.165) is 11.3 Å². The van der Waals surface area contributed by atoms with Crippen LogP contribution in [0, 0.1) is 12.7 Å². The molecule has 0 fully saturated rings. The summed E-state index contributed by atoms with van der Waals surface area (Å²) in [5.74, 6) is -1.35. The third-order valence-corrected chi connectivity index (χ3v) is 4.85. The predicted octanol–water partition coefficient (Wildman–Crippen LogP) is 3.87. The lowest BCUT2D eigenvalue weighted by atomic mass is 10.2. The van der Waals surface area contributed by atoms with E-state index in [-0.39, 0.29) is 26.9 Å². The summed E-state index contributed by atoms with van der Waals surface area (Å²) in [5, 5.41) is 9.55. The van der Waals surface area contributed by atoms with Gasteiger partial charge in [0, 0.05) is 0 Å². The van der Waals surface area contributed by atoms with Crippen molar-refractivity contribution in [2.75, 3.05) is 0 Å². The number of aromatic nitrogens is 2. The van der Waals surface area contributed by atoms with Crippen molar-refractivity contribution in [2.24, 2.45) is 0 Å². The molecule has 3 aromatic rings. The van der Waals surface area contributed by atoms with Crippen LogP contribution in [0.1, 0.15) is 26.6 Å². The Morgan fingerprint density at radius 1 is 1.38 bits per heavy atom. The van der Waals surface area contributed by atoms with Gasteiger partial charge in [0.05, 0.1) is 10.4 Å². The lowest BCUT2D eigenvalue weighted by Gasteiger charge is -2.00. The molecule has 0 amide bonds. The second kappa shape index (κ2) is 6.18. The van der Waals surface area contributed by atoms with Crippen LogP contribution in [0.25, 0.3) is 21.3 Å². The quantitative estimate of drug-likeness (QED) is 0.739. The molecule has 0 saturated carbocycles. The van der Waals surface area contributed by atoms with Crippen LogP contribution in [-0.4, -0.2) is 21.0 Å². The Morgan fingerprint density at radius 3 is 2.67 bits per heavy atom. The van der Waals surface area contributed by atoms with Crippen molar-refractivity contribution in [2.45, 2.75) is 6.92 Å². The van der Waals surface area contributed by atoms with E-state index in [0.29, 0.717) is 16.0 Å². The first-order valence-electron chi connectivity index (χ1n) is 6.76. The van der Waals surface area contributed by atoms with E-state index < -0.39 is 11.5 Å². The Bertz CT molecular complexity index is 1040. The number of aryl methyl sites for hydroxylation is 1. The van der Waals surface area contributed by atoms with E-state index in [1.165, 1.54) is 30.3 Å². The zero-order valence-corrected chi connectivity index (χ0v) is 13.8. The summed E-state index contributed by atoms with van der Waals surface area (Å²) < 4.78 is 12.9. The number of hydrogen-bond acceptors (Lipinski definition) is 4. The van der Waals surface area contributed by atoms with E-state index in [2.05, 4.69) is 9.97 Å². The highest BCUT2D eigenvalue weighted by Crippen LogP contribution is 2.28. The van der Waals surface area contributed by atoms with Gasteiger partial charge in [0.15, 0.2) is 5.82 Å². The number of H-pyrrole nitrogens is 1. The molecular formula is C16H10ClFN2O3S. The number of carbonyl (C=O) groups is 1. The molecule has 0 aliphatic heterocycles. The van der Waals surface area contributed by atoms with Crippen LogP contribution in [0.5, 0.6) is 0 Å². The number of thiophene rings is 1. The molecule has 0 radical (unpaired) electrons. The number of carboxylic acids is 1. The van der Waals surface area contributed by atoms with Gasteiger partial charge in [-0.3, -0.25) is 4.79 Å². The lowest BCUT2D eigenvalue weighted by molar-refractivity contribution is 0.0701. The number of rotatable bonds is 3. The van der Waals surface area contributed by atoms with Crippen molar-refractivity contribution in [1.82, 2.24) is 9.97 Å². The molecule has 3 rings (SSSR count). The van der Waals surface area contributed by atoms with Gasteiger partial charge >= 0.3 is 5.97 Å². The molecule has 0 bridgehead atoms. The summed E-state index contributed by atoms with van der Waals surface area (Å²) >= 11 is 7.10. The minimum absolute atomic E-state index is 0.0683. The predicted molar refractivity (Wildman–Crippen MR) is 92.1 cm³/mol. The Balaban J connectivity index is 2.11. The highest BCUT2D eigenvalue weighted by Gasteiger charge is 2.19. The molecule has 1 aromatic carbocycles. The van der Waals surface area contributed by atoms with Crippen LogP contribution in [-0.2, 0) is 0 Å². The van der Waals surface area contributed by atoms with Gasteiger partial charge in [0.1, 0.15) is 15.5 Å². The molecule has 0 aliphatic rings. The number of benzene rings is 1. The average molecular weight is 365 g/mol. The lowest BCUT2D eigenvalue weighted by Crippen LogP contribution is -2.10. The van der Waals surface area contributed by atoms with E-state index in [1.54, 1.807) is 6.92 Å². The SMILES string of the molecule is Cc1c(C(=O)O)sc2nc(/C(Cl)=C/c3ccc(F)cc3)[nH]c(=O)c12. The normalized spacial score (nSPS) is 11.9. The minimum atomic E-state index is -1.11. The maximum absolute atomic E-state index is 12.9. The Morgan fingerprint density at radius 2 is 2.04 bits per heavy atom. The van der Waals surface area contributed by atoms with Gasteiger partial charge in [0.25, 0.3) is 5.56 Å². The second-order valence-electron chi connectivity index (χ2n) is 5.00. The largest absolute Gasteiger partial charge is 0.477 e. The van der Waals surface area contributed by atoms with Crippen molar-refractivity contribution in [3.8, 4) is 0 Å². The average Bonchev–Trinajstić information content (AvgIpc) is 2.87.